The molecule has 0 amide bonds. The van der Waals surface area contributed by atoms with Gasteiger partial charge in [-0.25, -0.2) is 0 Å². The van der Waals surface area contributed by atoms with Gasteiger partial charge in [0.2, 0.25) is 6.29 Å². The summed E-state index contributed by atoms with van der Waals surface area (Å²) < 4.78 is 16.7. The van der Waals surface area contributed by atoms with Gasteiger partial charge in [-0.05, 0) is 30.0 Å². The SMILES string of the molecule is COC1=C(Cc2ccccc2C)C[C@H]2CO[C@@H]1O2. The van der Waals surface area contributed by atoms with Crippen LogP contribution in [0.3, 0.4) is 0 Å². The lowest BCUT2D eigenvalue weighted by molar-refractivity contribution is -0.0700. The van der Waals surface area contributed by atoms with Crippen LogP contribution in [0.25, 0.3) is 0 Å². The quantitative estimate of drug-likeness (QED) is 0.820. The first-order chi connectivity index (χ1) is 8.78. The number of aryl methyl sites for hydroxylation is 1. The highest BCUT2D eigenvalue weighted by Gasteiger charge is 2.37. The second kappa shape index (κ2) is 4.75. The molecule has 1 aromatic carbocycles. The average molecular weight is 246 g/mol. The molecule has 0 saturated carbocycles. The summed E-state index contributed by atoms with van der Waals surface area (Å²) in [6.45, 7) is 2.82. The van der Waals surface area contributed by atoms with Crippen LogP contribution in [-0.4, -0.2) is 26.1 Å². The zero-order chi connectivity index (χ0) is 12.5. The molecule has 2 heterocycles. The van der Waals surface area contributed by atoms with Crippen molar-refractivity contribution in [2.75, 3.05) is 13.7 Å². The molecule has 0 spiro atoms. The number of fused-ring (bicyclic) bond motifs is 2. The fourth-order valence-corrected chi connectivity index (χ4v) is 2.67. The first-order valence-electron chi connectivity index (χ1n) is 6.35. The minimum atomic E-state index is -0.284. The van der Waals surface area contributed by atoms with Crippen molar-refractivity contribution in [2.24, 2.45) is 0 Å². The van der Waals surface area contributed by atoms with E-state index in [0.29, 0.717) is 6.61 Å². The molecule has 0 N–H and O–H groups in total. The van der Waals surface area contributed by atoms with Crippen LogP contribution in [-0.2, 0) is 20.6 Å². The van der Waals surface area contributed by atoms with Gasteiger partial charge in [-0.1, -0.05) is 24.3 Å². The number of rotatable bonds is 3. The van der Waals surface area contributed by atoms with Gasteiger partial charge in [0.15, 0.2) is 5.76 Å². The Hall–Kier alpha value is -1.32. The third-order valence-corrected chi connectivity index (χ3v) is 3.67. The summed E-state index contributed by atoms with van der Waals surface area (Å²) in [5.41, 5.74) is 3.98. The zero-order valence-corrected chi connectivity index (χ0v) is 10.8. The van der Waals surface area contributed by atoms with Crippen molar-refractivity contribution in [3.63, 3.8) is 0 Å². The van der Waals surface area contributed by atoms with Gasteiger partial charge in [0, 0.05) is 6.42 Å². The number of hydrogen-bond acceptors (Lipinski definition) is 3. The van der Waals surface area contributed by atoms with Gasteiger partial charge >= 0.3 is 0 Å². The number of ether oxygens (including phenoxy) is 3. The van der Waals surface area contributed by atoms with Crippen LogP contribution >= 0.6 is 0 Å². The fraction of sp³-hybridized carbons (Fsp3) is 0.467. The first-order valence-corrected chi connectivity index (χ1v) is 6.35. The molecule has 2 aliphatic rings. The maximum absolute atomic E-state index is 5.69. The Bertz CT molecular complexity index is 478. The maximum Gasteiger partial charge on any atom is 0.216 e. The highest BCUT2D eigenvalue weighted by Crippen LogP contribution is 2.34. The third kappa shape index (κ3) is 2.04. The van der Waals surface area contributed by atoms with Crippen LogP contribution in [0.1, 0.15) is 17.5 Å². The summed E-state index contributed by atoms with van der Waals surface area (Å²) in [6.07, 6.45) is 1.75. The number of hydrogen-bond donors (Lipinski definition) is 0. The molecule has 18 heavy (non-hydrogen) atoms. The van der Waals surface area contributed by atoms with E-state index in [0.717, 1.165) is 18.6 Å². The van der Waals surface area contributed by atoms with Crippen molar-refractivity contribution in [1.82, 2.24) is 0 Å². The molecule has 3 nitrogen and oxygen atoms in total. The van der Waals surface area contributed by atoms with E-state index >= 15 is 0 Å². The normalized spacial score (nSPS) is 26.6. The van der Waals surface area contributed by atoms with Crippen molar-refractivity contribution >= 4 is 0 Å². The fourth-order valence-electron chi connectivity index (χ4n) is 2.67. The zero-order valence-electron chi connectivity index (χ0n) is 10.8. The van der Waals surface area contributed by atoms with E-state index in [2.05, 4.69) is 31.2 Å². The van der Waals surface area contributed by atoms with Gasteiger partial charge in [-0.3, -0.25) is 0 Å². The Kier molecular flexibility index (Phi) is 3.10. The Morgan fingerprint density at radius 1 is 1.33 bits per heavy atom. The molecule has 0 radical (unpaired) electrons. The second-order valence-corrected chi connectivity index (χ2v) is 4.90. The third-order valence-electron chi connectivity index (χ3n) is 3.67. The lowest BCUT2D eigenvalue weighted by Gasteiger charge is -2.24. The van der Waals surface area contributed by atoms with Gasteiger partial charge < -0.3 is 14.2 Å². The standard InChI is InChI=1S/C15H18O3/c1-10-5-3-4-6-11(10)7-12-8-13-9-17-15(18-13)14(12)16-2/h3-6,13,15H,7-9H2,1-2H3/t13-,15+/m0/s1. The molecule has 0 aliphatic carbocycles. The Morgan fingerprint density at radius 3 is 2.94 bits per heavy atom. The molecular weight excluding hydrogens is 228 g/mol. The van der Waals surface area contributed by atoms with E-state index in [1.165, 1.54) is 16.7 Å². The Morgan fingerprint density at radius 2 is 2.17 bits per heavy atom. The minimum absolute atomic E-state index is 0.202. The van der Waals surface area contributed by atoms with Crippen LogP contribution < -0.4 is 0 Å². The van der Waals surface area contributed by atoms with Crippen LogP contribution in [0.4, 0.5) is 0 Å². The summed E-state index contributed by atoms with van der Waals surface area (Å²) in [5, 5.41) is 0. The Labute approximate surface area is 107 Å². The first kappa shape index (κ1) is 11.8. The van der Waals surface area contributed by atoms with Crippen molar-refractivity contribution in [3.8, 4) is 0 Å². The molecule has 1 saturated heterocycles. The van der Waals surface area contributed by atoms with E-state index in [-0.39, 0.29) is 12.4 Å². The molecule has 2 bridgehead atoms. The van der Waals surface area contributed by atoms with Crippen molar-refractivity contribution in [3.05, 3.63) is 46.7 Å². The smallest absolute Gasteiger partial charge is 0.216 e. The molecule has 1 fully saturated rings. The topological polar surface area (TPSA) is 27.7 Å². The number of benzene rings is 1. The lowest BCUT2D eigenvalue weighted by atomic mass is 9.95. The van der Waals surface area contributed by atoms with Gasteiger partial charge in [-0.15, -0.1) is 0 Å². The molecule has 3 rings (SSSR count). The highest BCUT2D eigenvalue weighted by atomic mass is 16.7. The maximum atomic E-state index is 5.69. The van der Waals surface area contributed by atoms with Crippen molar-refractivity contribution in [2.45, 2.75) is 32.2 Å². The predicted molar refractivity (Wildman–Crippen MR) is 68.1 cm³/mol. The van der Waals surface area contributed by atoms with E-state index in [4.69, 9.17) is 14.2 Å². The monoisotopic (exact) mass is 246 g/mol. The van der Waals surface area contributed by atoms with Gasteiger partial charge in [0.25, 0.3) is 0 Å². The molecule has 3 heteroatoms. The summed E-state index contributed by atoms with van der Waals surface area (Å²) in [4.78, 5) is 0. The molecule has 0 unspecified atom stereocenters. The molecule has 1 aromatic rings. The second-order valence-electron chi connectivity index (χ2n) is 4.90. The minimum Gasteiger partial charge on any atom is -0.496 e. The van der Waals surface area contributed by atoms with E-state index in [1.54, 1.807) is 7.11 Å². The lowest BCUT2D eigenvalue weighted by Crippen LogP contribution is -2.24. The van der Waals surface area contributed by atoms with Crippen LogP contribution in [0, 0.1) is 6.92 Å². The van der Waals surface area contributed by atoms with E-state index < -0.39 is 0 Å². The Balaban J connectivity index is 1.89. The predicted octanol–water partition coefficient (Wildman–Crippen LogP) is 2.58. The van der Waals surface area contributed by atoms with E-state index in [1.807, 2.05) is 0 Å². The van der Waals surface area contributed by atoms with Gasteiger partial charge in [-0.2, -0.15) is 0 Å². The van der Waals surface area contributed by atoms with Crippen LogP contribution in [0.5, 0.6) is 0 Å². The summed E-state index contributed by atoms with van der Waals surface area (Å²) >= 11 is 0. The van der Waals surface area contributed by atoms with Crippen molar-refractivity contribution in [1.29, 1.82) is 0 Å². The molecular formula is C15H18O3. The number of methoxy groups -OCH3 is 1. The molecule has 0 aromatic heterocycles. The summed E-state index contributed by atoms with van der Waals surface area (Å²) in [6, 6.07) is 8.47. The van der Waals surface area contributed by atoms with Crippen LogP contribution in [0.2, 0.25) is 0 Å². The summed E-state index contributed by atoms with van der Waals surface area (Å²) in [5.74, 6) is 0.868. The highest BCUT2D eigenvalue weighted by molar-refractivity contribution is 5.32. The molecule has 2 aliphatic heterocycles. The largest absolute Gasteiger partial charge is 0.496 e. The van der Waals surface area contributed by atoms with E-state index in [9.17, 15) is 0 Å². The average Bonchev–Trinajstić information content (AvgIpc) is 2.75. The van der Waals surface area contributed by atoms with Crippen LogP contribution in [0.15, 0.2) is 35.6 Å². The van der Waals surface area contributed by atoms with Gasteiger partial charge in [0.1, 0.15) is 0 Å². The van der Waals surface area contributed by atoms with Crippen molar-refractivity contribution < 1.29 is 14.2 Å². The van der Waals surface area contributed by atoms with Gasteiger partial charge in [0.05, 0.1) is 19.8 Å². The molecule has 2 atom stereocenters. The molecule has 96 valence electrons. The summed E-state index contributed by atoms with van der Waals surface area (Å²) in [7, 11) is 1.69.